The van der Waals surface area contributed by atoms with Gasteiger partial charge in [0.25, 0.3) is 0 Å². The minimum Gasteiger partial charge on any atom is -0.0801 e. The van der Waals surface area contributed by atoms with Crippen molar-refractivity contribution in [3.8, 4) is 0 Å². The van der Waals surface area contributed by atoms with Crippen molar-refractivity contribution in [2.75, 3.05) is 0 Å². The number of fused-ring (bicyclic) bond motifs is 2. The lowest BCUT2D eigenvalue weighted by molar-refractivity contribution is 0.886. The molecule has 3 aliphatic carbocycles. The zero-order valence-corrected chi connectivity index (χ0v) is 21.3. The van der Waals surface area contributed by atoms with Crippen LogP contribution in [0.3, 0.4) is 0 Å². The maximum absolute atomic E-state index is 3.89. The van der Waals surface area contributed by atoms with Crippen molar-refractivity contribution < 1.29 is 0 Å². The molecule has 0 heterocycles. The van der Waals surface area contributed by atoms with Crippen molar-refractivity contribution in [1.29, 1.82) is 0 Å². The smallest absolute Gasteiger partial charge is 0.000730 e. The van der Waals surface area contributed by atoms with Gasteiger partial charge in [0.05, 0.1) is 0 Å². The molecule has 179 valence electrons. The highest BCUT2D eigenvalue weighted by molar-refractivity contribution is 5.81. The monoisotopic (exact) mass is 475 g/mol. The van der Waals surface area contributed by atoms with Gasteiger partial charge in [-0.25, -0.2) is 0 Å². The van der Waals surface area contributed by atoms with Crippen LogP contribution in [-0.2, 0) is 12.8 Å². The summed E-state index contributed by atoms with van der Waals surface area (Å²) in [6, 6.07) is 31.3. The number of rotatable bonds is 5. The summed E-state index contributed by atoms with van der Waals surface area (Å²) >= 11 is 0. The fourth-order valence-corrected chi connectivity index (χ4v) is 6.45. The fourth-order valence-electron chi connectivity index (χ4n) is 6.45. The highest BCUT2D eigenvalue weighted by Crippen LogP contribution is 2.32. The van der Waals surface area contributed by atoms with E-state index in [-0.39, 0.29) is 0 Å². The van der Waals surface area contributed by atoms with Crippen molar-refractivity contribution in [2.24, 2.45) is 0 Å². The summed E-state index contributed by atoms with van der Waals surface area (Å²) in [6.45, 7) is 0. The molecule has 0 aromatic heterocycles. The van der Waals surface area contributed by atoms with Gasteiger partial charge in [0.15, 0.2) is 0 Å². The Morgan fingerprint density at radius 3 is 2.11 bits per heavy atom. The van der Waals surface area contributed by atoms with E-state index in [0.29, 0.717) is 0 Å². The third kappa shape index (κ3) is 4.21. The summed E-state index contributed by atoms with van der Waals surface area (Å²) in [5.41, 5.74) is 11.4. The van der Waals surface area contributed by atoms with Gasteiger partial charge in [0.1, 0.15) is 0 Å². The van der Waals surface area contributed by atoms with E-state index < -0.39 is 0 Å². The molecule has 1 fully saturated rings. The summed E-state index contributed by atoms with van der Waals surface area (Å²) in [6.07, 6.45) is 18.8. The quantitative estimate of drug-likeness (QED) is 0.251. The van der Waals surface area contributed by atoms with E-state index in [0.717, 1.165) is 19.3 Å². The van der Waals surface area contributed by atoms with E-state index in [4.69, 9.17) is 0 Å². The molecule has 4 aromatic rings. The highest BCUT2D eigenvalue weighted by Gasteiger charge is 2.21. The SMILES string of the molecule is [C]1=c2ccc(Cc3ccccc3)cc2=c2cc(Cc3ccccc3)c(=C3CCCC3)c(C3=CC=CC3)c21. The molecular formula is C37H31. The Balaban J connectivity index is 1.51. The van der Waals surface area contributed by atoms with Gasteiger partial charge in [-0.3, -0.25) is 0 Å². The molecule has 4 aromatic carbocycles. The van der Waals surface area contributed by atoms with E-state index in [9.17, 15) is 0 Å². The first-order chi connectivity index (χ1) is 18.3. The van der Waals surface area contributed by atoms with E-state index in [1.807, 2.05) is 0 Å². The van der Waals surface area contributed by atoms with Gasteiger partial charge in [0.2, 0.25) is 0 Å². The minimum absolute atomic E-state index is 0.957. The van der Waals surface area contributed by atoms with Gasteiger partial charge >= 0.3 is 0 Å². The van der Waals surface area contributed by atoms with Gasteiger partial charge in [0, 0.05) is 0 Å². The van der Waals surface area contributed by atoms with Crippen LogP contribution in [0.4, 0.5) is 0 Å². The second kappa shape index (κ2) is 9.52. The Morgan fingerprint density at radius 1 is 0.676 bits per heavy atom. The summed E-state index contributed by atoms with van der Waals surface area (Å²) < 4.78 is 0. The first-order valence-electron chi connectivity index (χ1n) is 13.7. The van der Waals surface area contributed by atoms with Crippen LogP contribution < -0.4 is 10.4 Å². The van der Waals surface area contributed by atoms with Crippen LogP contribution in [0.5, 0.6) is 0 Å². The molecule has 0 aliphatic heterocycles. The first kappa shape index (κ1) is 22.3. The second-order valence-electron chi connectivity index (χ2n) is 10.7. The number of allylic oxidation sites excluding steroid dienone is 4. The van der Waals surface area contributed by atoms with Crippen LogP contribution in [0.2, 0.25) is 0 Å². The molecule has 0 unspecified atom stereocenters. The lowest BCUT2D eigenvalue weighted by Gasteiger charge is -2.16. The summed E-state index contributed by atoms with van der Waals surface area (Å²) in [5, 5.41) is 5.47. The van der Waals surface area contributed by atoms with Crippen molar-refractivity contribution >= 4 is 17.2 Å². The lowest BCUT2D eigenvalue weighted by Crippen LogP contribution is -2.20. The second-order valence-corrected chi connectivity index (χ2v) is 10.7. The normalized spacial score (nSPS) is 15.5. The Bertz CT molecular complexity index is 1760. The fraction of sp³-hybridized carbons (Fsp3) is 0.189. The van der Waals surface area contributed by atoms with E-state index >= 15 is 0 Å². The number of hydrogen-bond donors (Lipinski definition) is 0. The molecule has 1 saturated carbocycles. The third-order valence-corrected chi connectivity index (χ3v) is 8.18. The summed E-state index contributed by atoms with van der Waals surface area (Å²) in [4.78, 5) is 0. The molecule has 0 N–H and O–H groups in total. The van der Waals surface area contributed by atoms with Crippen molar-refractivity contribution in [2.45, 2.75) is 44.9 Å². The van der Waals surface area contributed by atoms with E-state index in [1.165, 1.54) is 85.5 Å². The van der Waals surface area contributed by atoms with Gasteiger partial charge in [-0.2, -0.15) is 0 Å². The van der Waals surface area contributed by atoms with E-state index in [2.05, 4.69) is 109 Å². The Morgan fingerprint density at radius 2 is 1.41 bits per heavy atom. The average molecular weight is 476 g/mol. The van der Waals surface area contributed by atoms with Crippen LogP contribution in [0.1, 0.15) is 65.5 Å². The highest BCUT2D eigenvalue weighted by atomic mass is 14.2. The average Bonchev–Trinajstić information content (AvgIpc) is 3.71. The predicted molar refractivity (Wildman–Crippen MR) is 154 cm³/mol. The standard InChI is InChI=1S/C37H31/c1-3-11-26(12-4-1)21-28-19-20-31-24-35-34(33(31)23-28)25-32(22-27-13-5-2-6-14-27)36(29-15-7-8-16-29)37(35)30-17-9-10-18-30/h1-6,9-14,17,19-20,23,25H,7-8,15-16,18,21-22H2. The van der Waals surface area contributed by atoms with Gasteiger partial charge in [-0.1, -0.05) is 103 Å². The number of benzene rings is 4. The topological polar surface area (TPSA) is 0 Å². The van der Waals surface area contributed by atoms with Crippen molar-refractivity contribution in [3.05, 3.63) is 157 Å². The molecule has 3 aliphatic rings. The molecule has 37 heavy (non-hydrogen) atoms. The van der Waals surface area contributed by atoms with Gasteiger partial charge < -0.3 is 0 Å². The molecule has 0 nitrogen and oxygen atoms in total. The van der Waals surface area contributed by atoms with Crippen LogP contribution >= 0.6 is 0 Å². The zero-order valence-electron chi connectivity index (χ0n) is 21.3. The summed E-state index contributed by atoms with van der Waals surface area (Å²) in [5.74, 6) is 0. The van der Waals surface area contributed by atoms with Gasteiger partial charge in [-0.05, 0) is 117 Å². The first-order valence-corrected chi connectivity index (χ1v) is 13.7. The van der Waals surface area contributed by atoms with Crippen LogP contribution in [0.25, 0.3) is 17.2 Å². The molecule has 0 atom stereocenters. The largest absolute Gasteiger partial charge is 0.0801 e. The Hall–Kier alpha value is -3.90. The zero-order chi connectivity index (χ0) is 24.6. The summed E-state index contributed by atoms with van der Waals surface area (Å²) in [7, 11) is 0. The van der Waals surface area contributed by atoms with Crippen LogP contribution in [0, 0.1) is 10.4 Å². The van der Waals surface area contributed by atoms with Crippen LogP contribution in [0.15, 0.2) is 103 Å². The maximum Gasteiger partial charge on any atom is -0.000730 e. The van der Waals surface area contributed by atoms with Crippen molar-refractivity contribution in [3.63, 3.8) is 0 Å². The van der Waals surface area contributed by atoms with Crippen molar-refractivity contribution in [1.82, 2.24) is 0 Å². The Kier molecular flexibility index (Phi) is 5.74. The molecule has 7 rings (SSSR count). The van der Waals surface area contributed by atoms with Crippen LogP contribution in [-0.4, -0.2) is 0 Å². The third-order valence-electron chi connectivity index (χ3n) is 8.18. The maximum atomic E-state index is 3.89. The van der Waals surface area contributed by atoms with Gasteiger partial charge in [-0.15, -0.1) is 0 Å². The minimum atomic E-state index is 0.957. The molecule has 0 amide bonds. The molecular weight excluding hydrogens is 444 g/mol. The molecule has 1 radical (unpaired) electrons. The predicted octanol–water partition coefficient (Wildman–Crippen LogP) is 7.24. The molecule has 0 bridgehead atoms. The molecule has 0 heteroatoms. The molecule has 0 spiro atoms. The van der Waals surface area contributed by atoms with E-state index in [1.54, 1.807) is 5.57 Å². The Labute approximate surface area is 219 Å². The molecule has 0 saturated heterocycles. The lowest BCUT2D eigenvalue weighted by atomic mass is 9.87. The number of hydrogen-bond acceptors (Lipinski definition) is 0.